The molecular weight excluding hydrogens is 500 g/mol. The molecule has 0 saturated heterocycles. The Morgan fingerprint density at radius 1 is 1.03 bits per heavy atom. The fourth-order valence-corrected chi connectivity index (χ4v) is 3.63. The van der Waals surface area contributed by atoms with Crippen LogP contribution in [0.4, 0.5) is 10.1 Å². The van der Waals surface area contributed by atoms with Gasteiger partial charge in [0, 0.05) is 10.0 Å². The van der Waals surface area contributed by atoms with E-state index in [4.69, 9.17) is 33.0 Å². The van der Waals surface area contributed by atoms with Gasteiger partial charge < -0.3 is 15.2 Å². The summed E-state index contributed by atoms with van der Waals surface area (Å²) in [4.78, 5) is 23.1. The number of ether oxygens (including phenoxy) is 1. The Balaban J connectivity index is 1.76. The Labute approximate surface area is 189 Å². The molecule has 0 aliphatic heterocycles. The van der Waals surface area contributed by atoms with Crippen LogP contribution in [0.15, 0.2) is 59.1 Å². The van der Waals surface area contributed by atoms with E-state index in [2.05, 4.69) is 21.2 Å². The molecule has 0 heterocycles. The van der Waals surface area contributed by atoms with Gasteiger partial charge in [0.25, 0.3) is 5.91 Å². The van der Waals surface area contributed by atoms with E-state index in [9.17, 15) is 14.0 Å². The third-order valence-electron chi connectivity index (χ3n) is 3.93. The van der Waals surface area contributed by atoms with Gasteiger partial charge in [0.05, 0.1) is 22.2 Å². The van der Waals surface area contributed by atoms with E-state index in [1.54, 1.807) is 18.2 Å². The number of benzene rings is 3. The maximum atomic E-state index is 13.0. The Morgan fingerprint density at radius 2 is 1.67 bits per heavy atom. The first-order chi connectivity index (χ1) is 14.2. The van der Waals surface area contributed by atoms with Gasteiger partial charge in [-0.15, -0.1) is 0 Å². The largest absolute Gasteiger partial charge is 0.481 e. The predicted octanol–water partition coefficient (Wildman–Crippen LogP) is 6.57. The Hall–Kier alpha value is -2.61. The van der Waals surface area contributed by atoms with Gasteiger partial charge in [-0.1, -0.05) is 23.2 Å². The van der Waals surface area contributed by atoms with Gasteiger partial charge in [0.2, 0.25) is 0 Å². The van der Waals surface area contributed by atoms with Gasteiger partial charge >= 0.3 is 5.97 Å². The van der Waals surface area contributed by atoms with Gasteiger partial charge in [0.15, 0.2) is 5.75 Å². The van der Waals surface area contributed by atoms with Gasteiger partial charge in [-0.25, -0.2) is 4.39 Å². The summed E-state index contributed by atoms with van der Waals surface area (Å²) in [6, 6.07) is 12.9. The van der Waals surface area contributed by atoms with Crippen LogP contribution in [0.3, 0.4) is 0 Å². The number of carbonyl (C=O) groups excluding carboxylic acids is 1. The lowest BCUT2D eigenvalue weighted by atomic mass is 10.1. The minimum atomic E-state index is -1.00. The van der Waals surface area contributed by atoms with Crippen molar-refractivity contribution in [1.82, 2.24) is 0 Å². The number of aliphatic carboxylic acids is 1. The molecule has 0 radical (unpaired) electrons. The Morgan fingerprint density at radius 3 is 2.23 bits per heavy atom. The van der Waals surface area contributed by atoms with E-state index >= 15 is 0 Å². The first kappa shape index (κ1) is 22.1. The molecule has 0 fully saturated rings. The summed E-state index contributed by atoms with van der Waals surface area (Å²) in [6.45, 7) is 0. The normalized spacial score (nSPS) is 10.5. The molecule has 0 spiro atoms. The van der Waals surface area contributed by atoms with E-state index in [1.807, 2.05) is 0 Å². The SMILES string of the molecule is O=C(O)Cc1cc(Cl)c(Oc2ccc(NC(=O)c3ccc(F)cc3)c(Br)c2)c(Cl)c1. The molecule has 1 amide bonds. The Bertz CT molecular complexity index is 1100. The van der Waals surface area contributed by atoms with Gasteiger partial charge in [-0.05, 0) is 76.1 Å². The van der Waals surface area contributed by atoms with Crippen molar-refractivity contribution in [3.8, 4) is 11.5 Å². The number of hydrogen-bond acceptors (Lipinski definition) is 3. The average molecular weight is 513 g/mol. The molecular formula is C21H13BrCl2FNO4. The minimum Gasteiger partial charge on any atom is -0.481 e. The molecule has 3 rings (SSSR count). The van der Waals surface area contributed by atoms with E-state index in [-0.39, 0.29) is 22.2 Å². The summed E-state index contributed by atoms with van der Waals surface area (Å²) in [5.74, 6) is -1.26. The van der Waals surface area contributed by atoms with E-state index in [0.29, 0.717) is 27.0 Å². The third-order valence-corrected chi connectivity index (χ3v) is 5.15. The monoisotopic (exact) mass is 511 g/mol. The third kappa shape index (κ3) is 5.50. The lowest BCUT2D eigenvalue weighted by Gasteiger charge is -2.13. The second-order valence-corrected chi connectivity index (χ2v) is 7.83. The zero-order valence-corrected chi connectivity index (χ0v) is 18.2. The zero-order chi connectivity index (χ0) is 21.8. The molecule has 9 heteroatoms. The van der Waals surface area contributed by atoms with Crippen LogP contribution in [0, 0.1) is 5.82 Å². The van der Waals surface area contributed by atoms with E-state index in [1.165, 1.54) is 36.4 Å². The van der Waals surface area contributed by atoms with Crippen LogP contribution in [-0.4, -0.2) is 17.0 Å². The molecule has 3 aromatic carbocycles. The fraction of sp³-hybridized carbons (Fsp3) is 0.0476. The summed E-state index contributed by atoms with van der Waals surface area (Å²) in [7, 11) is 0. The number of carboxylic acids is 1. The first-order valence-electron chi connectivity index (χ1n) is 8.47. The molecule has 0 aliphatic rings. The number of carboxylic acid groups (broad SMARTS) is 1. The average Bonchev–Trinajstić information content (AvgIpc) is 2.66. The number of rotatable bonds is 6. The highest BCUT2D eigenvalue weighted by molar-refractivity contribution is 9.10. The van der Waals surface area contributed by atoms with Crippen molar-refractivity contribution in [1.29, 1.82) is 0 Å². The number of nitrogens with one attached hydrogen (secondary N) is 1. The minimum absolute atomic E-state index is 0.170. The van der Waals surface area contributed by atoms with E-state index in [0.717, 1.165) is 0 Å². The van der Waals surface area contributed by atoms with Crippen molar-refractivity contribution in [3.05, 3.63) is 86.1 Å². The first-order valence-corrected chi connectivity index (χ1v) is 10.0. The number of hydrogen-bond donors (Lipinski definition) is 2. The highest BCUT2D eigenvalue weighted by atomic mass is 79.9. The zero-order valence-electron chi connectivity index (χ0n) is 15.1. The van der Waals surface area contributed by atoms with E-state index < -0.39 is 17.7 Å². The highest BCUT2D eigenvalue weighted by Crippen LogP contribution is 2.39. The molecule has 0 bridgehead atoms. The number of amides is 1. The second kappa shape index (κ2) is 9.47. The molecule has 0 unspecified atom stereocenters. The summed E-state index contributed by atoms with van der Waals surface area (Å²) in [5, 5.41) is 11.9. The number of carbonyl (C=O) groups is 2. The lowest BCUT2D eigenvalue weighted by molar-refractivity contribution is -0.136. The van der Waals surface area contributed by atoms with Crippen LogP contribution >= 0.6 is 39.1 Å². The molecule has 3 aromatic rings. The van der Waals surface area contributed by atoms with Crippen molar-refractivity contribution >= 4 is 56.7 Å². The molecule has 2 N–H and O–H groups in total. The van der Waals surface area contributed by atoms with Crippen LogP contribution in [0.5, 0.6) is 11.5 Å². The fourth-order valence-electron chi connectivity index (χ4n) is 2.56. The smallest absolute Gasteiger partial charge is 0.307 e. The maximum absolute atomic E-state index is 13.0. The van der Waals surface area contributed by atoms with Gasteiger partial charge in [-0.2, -0.15) is 0 Å². The quantitative estimate of drug-likeness (QED) is 0.391. The van der Waals surface area contributed by atoms with Crippen LogP contribution in [-0.2, 0) is 11.2 Å². The molecule has 5 nitrogen and oxygen atoms in total. The lowest BCUT2D eigenvalue weighted by Crippen LogP contribution is -2.12. The summed E-state index contributed by atoms with van der Waals surface area (Å²) in [5.41, 5.74) is 1.24. The predicted molar refractivity (Wildman–Crippen MR) is 116 cm³/mol. The maximum Gasteiger partial charge on any atom is 0.307 e. The van der Waals surface area contributed by atoms with Crippen molar-refractivity contribution in [2.24, 2.45) is 0 Å². The van der Waals surface area contributed by atoms with Crippen LogP contribution < -0.4 is 10.1 Å². The second-order valence-electron chi connectivity index (χ2n) is 6.16. The van der Waals surface area contributed by atoms with Gasteiger partial charge in [0.1, 0.15) is 11.6 Å². The van der Waals surface area contributed by atoms with Crippen LogP contribution in [0.2, 0.25) is 10.0 Å². The van der Waals surface area contributed by atoms with Crippen molar-refractivity contribution in [2.75, 3.05) is 5.32 Å². The molecule has 0 aromatic heterocycles. The Kier molecular flexibility index (Phi) is 6.97. The molecule has 30 heavy (non-hydrogen) atoms. The highest BCUT2D eigenvalue weighted by Gasteiger charge is 2.14. The topological polar surface area (TPSA) is 75.6 Å². The summed E-state index contributed by atoms with van der Waals surface area (Å²) < 4.78 is 19.3. The van der Waals surface area contributed by atoms with Crippen molar-refractivity contribution in [3.63, 3.8) is 0 Å². The standard InChI is InChI=1S/C21H13BrCl2FNO4/c22-15-10-14(30-20-16(23)7-11(8-17(20)24)9-19(27)28)5-6-18(15)26-21(29)12-1-3-13(25)4-2-12/h1-8,10H,9H2,(H,26,29)(H,27,28). The van der Waals surface area contributed by atoms with Crippen molar-refractivity contribution < 1.29 is 23.8 Å². The molecule has 0 aliphatic carbocycles. The molecule has 0 saturated carbocycles. The molecule has 0 atom stereocenters. The van der Waals surface area contributed by atoms with Crippen LogP contribution in [0.1, 0.15) is 15.9 Å². The summed E-state index contributed by atoms with van der Waals surface area (Å²) in [6.07, 6.45) is -0.215. The van der Waals surface area contributed by atoms with Crippen LogP contribution in [0.25, 0.3) is 0 Å². The molecule has 154 valence electrons. The van der Waals surface area contributed by atoms with Gasteiger partial charge in [-0.3, -0.25) is 9.59 Å². The number of anilines is 1. The van der Waals surface area contributed by atoms with Crippen molar-refractivity contribution in [2.45, 2.75) is 6.42 Å². The number of halogens is 4. The summed E-state index contributed by atoms with van der Waals surface area (Å²) >= 11 is 15.7.